The number of hydrogen-bond donors (Lipinski definition) is 1. The molecule has 0 unspecified atom stereocenters. The van der Waals surface area contributed by atoms with Crippen LogP contribution >= 0.6 is 0 Å². The Labute approximate surface area is 98.1 Å². The molecule has 0 aromatic heterocycles. The minimum Gasteiger partial charge on any atom is -0.464 e. The molecule has 0 heterocycles. The van der Waals surface area contributed by atoms with Crippen LogP contribution in [0.1, 0.15) is 15.9 Å². The van der Waals surface area contributed by atoms with E-state index in [2.05, 4.69) is 10.1 Å². The number of carbonyl (C=O) groups is 2. The minimum atomic E-state index is -1.07. The molecule has 0 saturated heterocycles. The van der Waals surface area contributed by atoms with Gasteiger partial charge in [-0.2, -0.15) is 4.39 Å². The first-order chi connectivity index (χ1) is 8.10. The third kappa shape index (κ3) is 3.14. The van der Waals surface area contributed by atoms with Crippen LogP contribution in [-0.4, -0.2) is 26.0 Å². The van der Waals surface area contributed by atoms with Crippen LogP contribution in [0.5, 0.6) is 0 Å². The van der Waals surface area contributed by atoms with Gasteiger partial charge in [0.15, 0.2) is 0 Å². The van der Waals surface area contributed by atoms with Crippen LogP contribution in [0.3, 0.4) is 0 Å². The Morgan fingerprint density at radius 1 is 1.35 bits per heavy atom. The predicted molar refractivity (Wildman–Crippen MR) is 60.9 cm³/mol. The molecular formula is C12H12FNO3. The highest BCUT2D eigenvalue weighted by Crippen LogP contribution is 2.14. The molecule has 0 spiro atoms. The summed E-state index contributed by atoms with van der Waals surface area (Å²) in [5, 5.41) is 2.43. The molecule has 0 aliphatic heterocycles. The molecule has 0 fully saturated rings. The molecule has 1 N–H and O–H groups in total. The number of amides is 1. The Hall–Kier alpha value is -2.17. The fourth-order valence-electron chi connectivity index (χ4n) is 1.26. The zero-order valence-corrected chi connectivity index (χ0v) is 9.49. The van der Waals surface area contributed by atoms with Gasteiger partial charge in [0.05, 0.1) is 7.11 Å². The average Bonchev–Trinajstić information content (AvgIpc) is 2.37. The fourth-order valence-corrected chi connectivity index (χ4v) is 1.26. The minimum absolute atomic E-state index is 0.286. The van der Waals surface area contributed by atoms with Gasteiger partial charge in [0.2, 0.25) is 5.83 Å². The number of nitrogens with one attached hydrogen (secondary N) is 1. The van der Waals surface area contributed by atoms with Gasteiger partial charge in [-0.25, -0.2) is 4.79 Å². The number of ether oxygens (including phenoxy) is 1. The molecular weight excluding hydrogens is 225 g/mol. The second-order valence-corrected chi connectivity index (χ2v) is 3.15. The summed E-state index contributed by atoms with van der Waals surface area (Å²) >= 11 is 0. The number of esters is 1. The predicted octanol–water partition coefficient (Wildman–Crippen LogP) is 1.53. The van der Waals surface area contributed by atoms with Gasteiger partial charge < -0.3 is 10.1 Å². The molecule has 0 atom stereocenters. The van der Waals surface area contributed by atoms with E-state index in [-0.39, 0.29) is 11.5 Å². The van der Waals surface area contributed by atoms with Crippen LogP contribution in [0.2, 0.25) is 0 Å². The smallest absolute Gasteiger partial charge is 0.366 e. The second-order valence-electron chi connectivity index (χ2n) is 3.15. The number of carbonyl (C=O) groups excluding carboxylic acids is 2. The Bertz CT molecular complexity index is 469. The largest absolute Gasteiger partial charge is 0.464 e. The fraction of sp³-hybridized carbons (Fsp3) is 0.167. The van der Waals surface area contributed by atoms with Crippen molar-refractivity contribution in [2.75, 3.05) is 14.2 Å². The molecule has 1 amide bonds. The quantitative estimate of drug-likeness (QED) is 0.640. The van der Waals surface area contributed by atoms with Gasteiger partial charge in [0, 0.05) is 12.6 Å². The standard InChI is InChI=1S/C12H12FNO3/c1-14-11(15)9-6-4-3-5-8(9)7-10(13)12(16)17-2/h3-7H,1-2H3,(H,14,15)/b10-7-. The third-order valence-corrected chi connectivity index (χ3v) is 2.10. The van der Waals surface area contributed by atoms with Crippen molar-refractivity contribution in [2.45, 2.75) is 0 Å². The first kappa shape index (κ1) is 12.9. The first-order valence-corrected chi connectivity index (χ1v) is 4.86. The molecule has 0 radical (unpaired) electrons. The van der Waals surface area contributed by atoms with Crippen LogP contribution < -0.4 is 5.32 Å². The van der Waals surface area contributed by atoms with Crippen molar-refractivity contribution in [3.8, 4) is 0 Å². The average molecular weight is 237 g/mol. The van der Waals surface area contributed by atoms with E-state index in [1.807, 2.05) is 0 Å². The van der Waals surface area contributed by atoms with Crippen LogP contribution in [0, 0.1) is 0 Å². The molecule has 17 heavy (non-hydrogen) atoms. The summed E-state index contributed by atoms with van der Waals surface area (Å²) in [5.41, 5.74) is 0.601. The Morgan fingerprint density at radius 2 is 2.00 bits per heavy atom. The lowest BCUT2D eigenvalue weighted by Gasteiger charge is -2.04. The van der Waals surface area contributed by atoms with Gasteiger partial charge in [0.1, 0.15) is 0 Å². The lowest BCUT2D eigenvalue weighted by atomic mass is 10.1. The van der Waals surface area contributed by atoms with E-state index in [1.165, 1.54) is 19.2 Å². The van der Waals surface area contributed by atoms with E-state index in [9.17, 15) is 14.0 Å². The molecule has 0 aliphatic carbocycles. The number of methoxy groups -OCH3 is 1. The number of rotatable bonds is 3. The van der Waals surface area contributed by atoms with Crippen LogP contribution in [-0.2, 0) is 9.53 Å². The molecule has 1 rings (SSSR count). The van der Waals surface area contributed by atoms with Crippen molar-refractivity contribution < 1.29 is 18.7 Å². The van der Waals surface area contributed by atoms with Gasteiger partial charge in [-0.15, -0.1) is 0 Å². The molecule has 1 aromatic carbocycles. The van der Waals surface area contributed by atoms with E-state index < -0.39 is 11.8 Å². The Balaban J connectivity index is 3.14. The molecule has 0 aliphatic rings. The third-order valence-electron chi connectivity index (χ3n) is 2.10. The summed E-state index contributed by atoms with van der Waals surface area (Å²) in [4.78, 5) is 22.4. The Morgan fingerprint density at radius 3 is 2.59 bits per heavy atom. The van der Waals surface area contributed by atoms with Crippen molar-refractivity contribution in [3.63, 3.8) is 0 Å². The van der Waals surface area contributed by atoms with Crippen LogP contribution in [0.25, 0.3) is 6.08 Å². The van der Waals surface area contributed by atoms with Crippen molar-refractivity contribution in [2.24, 2.45) is 0 Å². The summed E-state index contributed by atoms with van der Waals surface area (Å²) in [7, 11) is 2.56. The number of hydrogen-bond acceptors (Lipinski definition) is 3. The summed E-state index contributed by atoms with van der Waals surface area (Å²) in [6, 6.07) is 6.36. The van der Waals surface area contributed by atoms with Crippen molar-refractivity contribution in [1.29, 1.82) is 0 Å². The summed E-state index contributed by atoms with van der Waals surface area (Å²) < 4.78 is 17.5. The lowest BCUT2D eigenvalue weighted by Crippen LogP contribution is -2.18. The summed E-state index contributed by atoms with van der Waals surface area (Å²) in [5.74, 6) is -2.48. The molecule has 0 saturated carbocycles. The molecule has 4 nitrogen and oxygen atoms in total. The van der Waals surface area contributed by atoms with E-state index >= 15 is 0 Å². The van der Waals surface area contributed by atoms with Crippen molar-refractivity contribution >= 4 is 18.0 Å². The molecule has 5 heteroatoms. The number of benzene rings is 1. The topological polar surface area (TPSA) is 55.4 Å². The zero-order valence-electron chi connectivity index (χ0n) is 9.49. The maximum Gasteiger partial charge on any atom is 0.366 e. The zero-order chi connectivity index (χ0) is 12.8. The number of halogens is 1. The van der Waals surface area contributed by atoms with Crippen LogP contribution in [0.4, 0.5) is 4.39 Å². The highest BCUT2D eigenvalue weighted by Gasteiger charge is 2.12. The van der Waals surface area contributed by atoms with E-state index in [1.54, 1.807) is 12.1 Å². The Kier molecular flexibility index (Phi) is 4.39. The van der Waals surface area contributed by atoms with Gasteiger partial charge in [-0.05, 0) is 17.7 Å². The normalized spacial score (nSPS) is 10.9. The summed E-state index contributed by atoms with van der Waals surface area (Å²) in [6.45, 7) is 0. The second kappa shape index (κ2) is 5.79. The maximum absolute atomic E-state index is 13.3. The van der Waals surface area contributed by atoms with E-state index in [0.717, 1.165) is 13.2 Å². The summed E-state index contributed by atoms with van der Waals surface area (Å²) in [6.07, 6.45) is 0.969. The highest BCUT2D eigenvalue weighted by molar-refractivity contribution is 5.99. The monoisotopic (exact) mass is 237 g/mol. The van der Waals surface area contributed by atoms with E-state index in [4.69, 9.17) is 0 Å². The van der Waals surface area contributed by atoms with E-state index in [0.29, 0.717) is 5.56 Å². The lowest BCUT2D eigenvalue weighted by molar-refractivity contribution is -0.137. The van der Waals surface area contributed by atoms with Gasteiger partial charge in [-0.3, -0.25) is 4.79 Å². The van der Waals surface area contributed by atoms with Gasteiger partial charge >= 0.3 is 5.97 Å². The van der Waals surface area contributed by atoms with Gasteiger partial charge in [-0.1, -0.05) is 18.2 Å². The first-order valence-electron chi connectivity index (χ1n) is 4.86. The SMILES string of the molecule is CNC(=O)c1ccccc1/C=C(\F)C(=O)OC. The van der Waals surface area contributed by atoms with Crippen molar-refractivity contribution in [1.82, 2.24) is 5.32 Å². The van der Waals surface area contributed by atoms with Crippen molar-refractivity contribution in [3.05, 3.63) is 41.2 Å². The molecule has 0 bridgehead atoms. The molecule has 90 valence electrons. The molecule has 1 aromatic rings. The maximum atomic E-state index is 13.3. The highest BCUT2D eigenvalue weighted by atomic mass is 19.1. The van der Waals surface area contributed by atoms with Gasteiger partial charge in [0.25, 0.3) is 5.91 Å². The van der Waals surface area contributed by atoms with Crippen LogP contribution in [0.15, 0.2) is 30.1 Å².